The normalized spacial score (nSPS) is 14.3. The van der Waals surface area contributed by atoms with Crippen LogP contribution in [0.1, 0.15) is 18.5 Å². The highest BCUT2D eigenvalue weighted by atomic mass is 35.5. The summed E-state index contributed by atoms with van der Waals surface area (Å²) in [7, 11) is 0. The highest BCUT2D eigenvalue weighted by molar-refractivity contribution is 6.30. The van der Waals surface area contributed by atoms with Crippen molar-refractivity contribution < 1.29 is 4.52 Å². The van der Waals surface area contributed by atoms with Gasteiger partial charge < -0.3 is 9.42 Å². The summed E-state index contributed by atoms with van der Waals surface area (Å²) in [6, 6.07) is 11.3. The van der Waals surface area contributed by atoms with E-state index in [0.29, 0.717) is 16.5 Å². The first-order valence-electron chi connectivity index (χ1n) is 8.03. The molecule has 0 unspecified atom stereocenters. The van der Waals surface area contributed by atoms with Crippen LogP contribution in [-0.4, -0.2) is 28.2 Å². The Kier molecular flexibility index (Phi) is 3.94. The number of halogens is 1. The van der Waals surface area contributed by atoms with Gasteiger partial charge in [-0.15, -0.1) is 0 Å². The Morgan fingerprint density at radius 2 is 1.75 bits per heavy atom. The number of aromatic nitrogens is 3. The van der Waals surface area contributed by atoms with Gasteiger partial charge in [0.2, 0.25) is 5.95 Å². The summed E-state index contributed by atoms with van der Waals surface area (Å²) < 4.78 is 5.48. The Morgan fingerprint density at radius 1 is 1.00 bits per heavy atom. The van der Waals surface area contributed by atoms with Crippen molar-refractivity contribution in [3.8, 4) is 22.7 Å². The van der Waals surface area contributed by atoms with Crippen LogP contribution >= 0.6 is 11.6 Å². The van der Waals surface area contributed by atoms with Crippen LogP contribution in [0.3, 0.4) is 0 Å². The SMILES string of the molecule is Cc1cc(-c2cc(-c3ccc(Cl)cc3)on2)nc(N2CCCC2)n1. The van der Waals surface area contributed by atoms with Gasteiger partial charge in [0.15, 0.2) is 5.76 Å². The van der Waals surface area contributed by atoms with Crippen LogP contribution in [0, 0.1) is 6.92 Å². The number of aryl methyl sites for hydroxylation is 1. The van der Waals surface area contributed by atoms with Gasteiger partial charge in [0.25, 0.3) is 0 Å². The Balaban J connectivity index is 1.67. The van der Waals surface area contributed by atoms with E-state index in [1.807, 2.05) is 43.3 Å². The molecule has 1 fully saturated rings. The van der Waals surface area contributed by atoms with E-state index in [0.717, 1.165) is 36.0 Å². The molecule has 0 saturated carbocycles. The maximum absolute atomic E-state index is 5.93. The lowest BCUT2D eigenvalue weighted by molar-refractivity contribution is 0.434. The Bertz CT molecular complexity index is 854. The summed E-state index contributed by atoms with van der Waals surface area (Å²) in [6.45, 7) is 4.00. The molecule has 24 heavy (non-hydrogen) atoms. The van der Waals surface area contributed by atoms with E-state index in [9.17, 15) is 0 Å². The molecule has 0 spiro atoms. The molecule has 6 heteroatoms. The second-order valence-corrected chi connectivity index (χ2v) is 6.41. The van der Waals surface area contributed by atoms with Gasteiger partial charge in [-0.3, -0.25) is 0 Å². The maximum Gasteiger partial charge on any atom is 0.226 e. The number of hydrogen-bond donors (Lipinski definition) is 0. The lowest BCUT2D eigenvalue weighted by Crippen LogP contribution is -2.20. The van der Waals surface area contributed by atoms with Crippen LogP contribution in [0.5, 0.6) is 0 Å². The third-order valence-electron chi connectivity index (χ3n) is 4.13. The molecule has 3 heterocycles. The van der Waals surface area contributed by atoms with Gasteiger partial charge in [0, 0.05) is 35.4 Å². The van der Waals surface area contributed by atoms with Gasteiger partial charge in [-0.1, -0.05) is 16.8 Å². The van der Waals surface area contributed by atoms with E-state index in [2.05, 4.69) is 20.0 Å². The van der Waals surface area contributed by atoms with Crippen molar-refractivity contribution in [3.05, 3.63) is 47.1 Å². The molecule has 1 aliphatic heterocycles. The third-order valence-corrected chi connectivity index (χ3v) is 4.38. The smallest absolute Gasteiger partial charge is 0.226 e. The molecule has 0 radical (unpaired) electrons. The molecule has 0 N–H and O–H groups in total. The van der Waals surface area contributed by atoms with E-state index in [1.165, 1.54) is 12.8 Å². The van der Waals surface area contributed by atoms with Crippen LogP contribution in [-0.2, 0) is 0 Å². The summed E-state index contributed by atoms with van der Waals surface area (Å²) in [6.07, 6.45) is 2.38. The average Bonchev–Trinajstić information content (AvgIpc) is 3.27. The molecule has 0 amide bonds. The lowest BCUT2D eigenvalue weighted by atomic mass is 10.1. The monoisotopic (exact) mass is 340 g/mol. The molecular formula is C18H17ClN4O. The fourth-order valence-corrected chi connectivity index (χ4v) is 3.01. The Hall–Kier alpha value is -2.40. The highest BCUT2D eigenvalue weighted by Crippen LogP contribution is 2.27. The van der Waals surface area contributed by atoms with Gasteiger partial charge in [0.05, 0.1) is 5.69 Å². The molecule has 0 bridgehead atoms. The predicted octanol–water partition coefficient (Wildman–Crippen LogP) is 4.36. The molecule has 0 atom stereocenters. The van der Waals surface area contributed by atoms with E-state index in [-0.39, 0.29) is 0 Å². The van der Waals surface area contributed by atoms with Crippen LogP contribution in [0.15, 0.2) is 40.9 Å². The lowest BCUT2D eigenvalue weighted by Gasteiger charge is -2.15. The number of hydrogen-bond acceptors (Lipinski definition) is 5. The summed E-state index contributed by atoms with van der Waals surface area (Å²) in [4.78, 5) is 11.5. The zero-order valence-electron chi connectivity index (χ0n) is 13.4. The molecule has 1 aliphatic rings. The van der Waals surface area contributed by atoms with Crippen LogP contribution in [0.25, 0.3) is 22.7 Å². The topological polar surface area (TPSA) is 55.1 Å². The fraction of sp³-hybridized carbons (Fsp3) is 0.278. The number of nitrogens with zero attached hydrogens (tertiary/aromatic N) is 4. The van der Waals surface area contributed by atoms with Crippen molar-refractivity contribution in [3.63, 3.8) is 0 Å². The fourth-order valence-electron chi connectivity index (χ4n) is 2.89. The molecule has 4 rings (SSSR count). The minimum Gasteiger partial charge on any atom is -0.356 e. The maximum atomic E-state index is 5.93. The van der Waals surface area contributed by atoms with Crippen molar-refractivity contribution in [2.75, 3.05) is 18.0 Å². The first kappa shape index (κ1) is 15.1. The largest absolute Gasteiger partial charge is 0.356 e. The Morgan fingerprint density at radius 3 is 2.50 bits per heavy atom. The van der Waals surface area contributed by atoms with E-state index in [1.54, 1.807) is 0 Å². The third kappa shape index (κ3) is 2.99. The van der Waals surface area contributed by atoms with Gasteiger partial charge in [-0.05, 0) is 50.1 Å². The number of anilines is 1. The van der Waals surface area contributed by atoms with Crippen molar-refractivity contribution in [1.82, 2.24) is 15.1 Å². The van der Waals surface area contributed by atoms with Crippen molar-refractivity contribution in [1.29, 1.82) is 0 Å². The zero-order valence-corrected chi connectivity index (χ0v) is 14.1. The average molecular weight is 341 g/mol. The summed E-state index contributed by atoms with van der Waals surface area (Å²) in [5.41, 5.74) is 3.36. The van der Waals surface area contributed by atoms with Gasteiger partial charge in [0.1, 0.15) is 5.69 Å². The molecule has 3 aromatic rings. The van der Waals surface area contributed by atoms with E-state index in [4.69, 9.17) is 16.1 Å². The summed E-state index contributed by atoms with van der Waals surface area (Å²) in [5.74, 6) is 1.47. The van der Waals surface area contributed by atoms with Gasteiger partial charge in [-0.25, -0.2) is 9.97 Å². The highest BCUT2D eigenvalue weighted by Gasteiger charge is 2.18. The Labute approximate surface area is 145 Å². The molecular weight excluding hydrogens is 324 g/mol. The standard InChI is InChI=1S/C18H17ClN4O/c1-12-10-15(21-18(20-12)23-8-2-3-9-23)16-11-17(24-22-16)13-4-6-14(19)7-5-13/h4-7,10-11H,2-3,8-9H2,1H3. The van der Waals surface area contributed by atoms with Crippen molar-refractivity contribution in [2.45, 2.75) is 19.8 Å². The van der Waals surface area contributed by atoms with Gasteiger partial charge in [-0.2, -0.15) is 0 Å². The van der Waals surface area contributed by atoms with E-state index < -0.39 is 0 Å². The second kappa shape index (κ2) is 6.24. The molecule has 1 aromatic carbocycles. The molecule has 2 aromatic heterocycles. The number of benzene rings is 1. The van der Waals surface area contributed by atoms with Crippen LogP contribution in [0.4, 0.5) is 5.95 Å². The number of rotatable bonds is 3. The van der Waals surface area contributed by atoms with E-state index >= 15 is 0 Å². The molecule has 122 valence electrons. The minimum atomic E-state index is 0.695. The second-order valence-electron chi connectivity index (χ2n) is 5.97. The predicted molar refractivity (Wildman–Crippen MR) is 94.2 cm³/mol. The van der Waals surface area contributed by atoms with Crippen LogP contribution in [0.2, 0.25) is 5.02 Å². The first-order valence-corrected chi connectivity index (χ1v) is 8.40. The molecule has 0 aliphatic carbocycles. The van der Waals surface area contributed by atoms with Crippen molar-refractivity contribution in [2.24, 2.45) is 0 Å². The quantitative estimate of drug-likeness (QED) is 0.709. The molecule has 1 saturated heterocycles. The van der Waals surface area contributed by atoms with Gasteiger partial charge >= 0.3 is 0 Å². The minimum absolute atomic E-state index is 0.695. The summed E-state index contributed by atoms with van der Waals surface area (Å²) >= 11 is 5.93. The molecule has 5 nitrogen and oxygen atoms in total. The van der Waals surface area contributed by atoms with Crippen molar-refractivity contribution >= 4 is 17.5 Å². The first-order chi connectivity index (χ1) is 11.7. The van der Waals surface area contributed by atoms with Crippen LogP contribution < -0.4 is 4.90 Å². The zero-order chi connectivity index (χ0) is 16.5. The summed E-state index contributed by atoms with van der Waals surface area (Å²) in [5, 5.41) is 4.87.